The fourth-order valence-corrected chi connectivity index (χ4v) is 6.95. The fourth-order valence-electron chi connectivity index (χ4n) is 5.03. The van der Waals surface area contributed by atoms with Crippen molar-refractivity contribution in [3.63, 3.8) is 0 Å². The standard InChI is InChI=1S/C28H31ClN2O3S/c1-19-15-20(2)28(21(3)16-19)35(33,34)31(17-22-11-13-24(29)14-12-22)18-27(32)30-26-10-6-8-23-7-4-5-9-25(23)26/h4-5,7,9,11-16,26H,6,8,10,17-18H2,1-3H3,(H,30,32). The molecule has 3 aromatic carbocycles. The van der Waals surface area contributed by atoms with Crippen molar-refractivity contribution >= 4 is 27.5 Å². The van der Waals surface area contributed by atoms with E-state index in [2.05, 4.69) is 11.4 Å². The van der Waals surface area contributed by atoms with Crippen LogP contribution in [0.3, 0.4) is 0 Å². The molecular weight excluding hydrogens is 480 g/mol. The Morgan fingerprint density at radius 3 is 2.37 bits per heavy atom. The highest BCUT2D eigenvalue weighted by Crippen LogP contribution is 2.30. The van der Waals surface area contributed by atoms with Crippen LogP contribution in [0.5, 0.6) is 0 Å². The minimum absolute atomic E-state index is 0.0704. The average Bonchev–Trinajstić information content (AvgIpc) is 2.79. The molecule has 7 heteroatoms. The first-order chi connectivity index (χ1) is 16.6. The summed E-state index contributed by atoms with van der Waals surface area (Å²) >= 11 is 6.03. The molecule has 3 aromatic rings. The first kappa shape index (κ1) is 25.4. The van der Waals surface area contributed by atoms with Crippen molar-refractivity contribution in [2.45, 2.75) is 57.5 Å². The van der Waals surface area contributed by atoms with Crippen molar-refractivity contribution in [1.82, 2.24) is 9.62 Å². The summed E-state index contributed by atoms with van der Waals surface area (Å²) in [7, 11) is -3.94. The predicted molar refractivity (Wildman–Crippen MR) is 140 cm³/mol. The lowest BCUT2D eigenvalue weighted by molar-refractivity contribution is -0.122. The maximum Gasteiger partial charge on any atom is 0.244 e. The van der Waals surface area contributed by atoms with Crippen molar-refractivity contribution in [3.05, 3.63) is 99.1 Å². The Balaban J connectivity index is 1.64. The Morgan fingerprint density at radius 1 is 1.03 bits per heavy atom. The summed E-state index contributed by atoms with van der Waals surface area (Å²) in [6.07, 6.45) is 2.81. The van der Waals surface area contributed by atoms with E-state index in [9.17, 15) is 13.2 Å². The van der Waals surface area contributed by atoms with Gasteiger partial charge in [-0.3, -0.25) is 4.79 Å². The highest BCUT2D eigenvalue weighted by Gasteiger charge is 2.31. The molecule has 1 aliphatic carbocycles. The third-order valence-corrected chi connectivity index (χ3v) is 8.85. The van der Waals surface area contributed by atoms with Gasteiger partial charge in [0.05, 0.1) is 17.5 Å². The number of hydrogen-bond acceptors (Lipinski definition) is 3. The van der Waals surface area contributed by atoms with Crippen LogP contribution in [0.1, 0.15) is 52.3 Å². The van der Waals surface area contributed by atoms with E-state index in [-0.39, 0.29) is 29.9 Å². The third-order valence-electron chi connectivity index (χ3n) is 6.50. The summed E-state index contributed by atoms with van der Waals surface area (Å²) in [6.45, 7) is 5.34. The Labute approximate surface area is 213 Å². The van der Waals surface area contributed by atoms with Gasteiger partial charge in [0.15, 0.2) is 0 Å². The van der Waals surface area contributed by atoms with E-state index in [1.54, 1.807) is 38.1 Å². The molecule has 0 aromatic heterocycles. The molecule has 0 bridgehead atoms. The topological polar surface area (TPSA) is 66.5 Å². The second kappa shape index (κ2) is 10.5. The normalized spacial score (nSPS) is 15.6. The van der Waals surface area contributed by atoms with E-state index in [4.69, 9.17) is 11.6 Å². The maximum atomic E-state index is 13.9. The van der Waals surface area contributed by atoms with Crippen LogP contribution in [0, 0.1) is 20.8 Å². The van der Waals surface area contributed by atoms with Gasteiger partial charge >= 0.3 is 0 Å². The quantitative estimate of drug-likeness (QED) is 0.446. The molecule has 1 atom stereocenters. The summed E-state index contributed by atoms with van der Waals surface area (Å²) in [6, 6.07) is 18.7. The molecule has 1 amide bonds. The van der Waals surface area contributed by atoms with Crippen molar-refractivity contribution in [1.29, 1.82) is 0 Å². The Kier molecular flexibility index (Phi) is 7.64. The van der Waals surface area contributed by atoms with E-state index in [1.165, 1.54) is 9.87 Å². The number of hydrogen-bond donors (Lipinski definition) is 1. The molecule has 4 rings (SSSR count). The van der Waals surface area contributed by atoms with Gasteiger partial charge in [0.25, 0.3) is 0 Å². The highest BCUT2D eigenvalue weighted by molar-refractivity contribution is 7.89. The van der Waals surface area contributed by atoms with Gasteiger partial charge in [-0.2, -0.15) is 4.31 Å². The van der Waals surface area contributed by atoms with Gasteiger partial charge in [0.1, 0.15) is 0 Å². The summed E-state index contributed by atoms with van der Waals surface area (Å²) in [5, 5.41) is 3.67. The van der Waals surface area contributed by atoms with E-state index in [1.807, 2.05) is 37.3 Å². The summed E-state index contributed by atoms with van der Waals surface area (Å²) in [4.78, 5) is 13.5. The zero-order valence-corrected chi connectivity index (χ0v) is 21.9. The highest BCUT2D eigenvalue weighted by atomic mass is 35.5. The number of aryl methyl sites for hydroxylation is 4. The number of nitrogens with one attached hydrogen (secondary N) is 1. The number of rotatable bonds is 7. The van der Waals surface area contributed by atoms with Crippen molar-refractivity contribution in [2.24, 2.45) is 0 Å². The smallest absolute Gasteiger partial charge is 0.244 e. The molecule has 1 aliphatic rings. The number of carbonyl (C=O) groups is 1. The number of sulfonamides is 1. The van der Waals surface area contributed by atoms with Crippen molar-refractivity contribution in [2.75, 3.05) is 6.54 Å². The van der Waals surface area contributed by atoms with Gasteiger partial charge in [0.2, 0.25) is 15.9 Å². The lowest BCUT2D eigenvalue weighted by Crippen LogP contribution is -2.42. The molecule has 0 fully saturated rings. The predicted octanol–water partition coefficient (Wildman–Crippen LogP) is 5.65. The van der Waals surface area contributed by atoms with Gasteiger partial charge in [-0.15, -0.1) is 0 Å². The van der Waals surface area contributed by atoms with Crippen LogP contribution in [-0.4, -0.2) is 25.2 Å². The second-order valence-electron chi connectivity index (χ2n) is 9.34. The maximum absolute atomic E-state index is 13.9. The molecule has 0 saturated heterocycles. The lowest BCUT2D eigenvalue weighted by atomic mass is 9.88. The molecule has 184 valence electrons. The number of nitrogens with zero attached hydrogens (tertiary/aromatic N) is 1. The molecule has 0 saturated carbocycles. The van der Waals surface area contributed by atoms with Crippen LogP contribution in [0.4, 0.5) is 0 Å². The van der Waals surface area contributed by atoms with Gasteiger partial charge < -0.3 is 5.32 Å². The number of fused-ring (bicyclic) bond motifs is 1. The van der Waals surface area contributed by atoms with E-state index >= 15 is 0 Å². The van der Waals surface area contributed by atoms with Crippen molar-refractivity contribution < 1.29 is 13.2 Å². The van der Waals surface area contributed by atoms with Gasteiger partial charge in [-0.25, -0.2) is 8.42 Å². The fraction of sp³-hybridized carbons (Fsp3) is 0.321. The molecule has 0 radical (unpaired) electrons. The first-order valence-electron chi connectivity index (χ1n) is 11.8. The number of halogens is 1. The molecule has 5 nitrogen and oxygen atoms in total. The van der Waals surface area contributed by atoms with E-state index in [0.717, 1.165) is 36.0 Å². The zero-order chi connectivity index (χ0) is 25.2. The van der Waals surface area contributed by atoms with Crippen LogP contribution in [0.15, 0.2) is 65.6 Å². The average molecular weight is 511 g/mol. The van der Waals surface area contributed by atoms with Crippen LogP contribution < -0.4 is 5.32 Å². The summed E-state index contributed by atoms with van der Waals surface area (Å²) in [5.41, 5.74) is 5.45. The molecule has 35 heavy (non-hydrogen) atoms. The minimum Gasteiger partial charge on any atom is -0.348 e. The summed E-state index contributed by atoms with van der Waals surface area (Å²) < 4.78 is 29.1. The molecule has 1 N–H and O–H groups in total. The van der Waals surface area contributed by atoms with E-state index < -0.39 is 10.0 Å². The molecular formula is C28H31ClN2O3S. The Bertz CT molecular complexity index is 1310. The number of amides is 1. The largest absolute Gasteiger partial charge is 0.348 e. The first-order valence-corrected chi connectivity index (χ1v) is 13.7. The number of carbonyl (C=O) groups excluding carboxylic acids is 1. The monoisotopic (exact) mass is 510 g/mol. The Hall–Kier alpha value is -2.67. The van der Waals surface area contributed by atoms with Gasteiger partial charge in [-0.1, -0.05) is 65.7 Å². The zero-order valence-electron chi connectivity index (χ0n) is 20.3. The lowest BCUT2D eigenvalue weighted by Gasteiger charge is -2.28. The van der Waals surface area contributed by atoms with Crippen molar-refractivity contribution in [3.8, 4) is 0 Å². The SMILES string of the molecule is Cc1cc(C)c(S(=O)(=O)N(CC(=O)NC2CCCc3ccccc32)Cc2ccc(Cl)cc2)c(C)c1. The molecule has 1 unspecified atom stereocenters. The van der Waals surface area contributed by atoms with Crippen LogP contribution in [0.2, 0.25) is 5.02 Å². The molecule has 0 spiro atoms. The van der Waals surface area contributed by atoms with E-state index in [0.29, 0.717) is 16.1 Å². The van der Waals surface area contributed by atoms with Gasteiger partial charge in [-0.05, 0) is 80.0 Å². The van der Waals surface area contributed by atoms with Crippen LogP contribution >= 0.6 is 11.6 Å². The molecule has 0 heterocycles. The third kappa shape index (κ3) is 5.77. The second-order valence-corrected chi connectivity index (χ2v) is 11.6. The number of benzene rings is 3. The van der Waals surface area contributed by atoms with Crippen LogP contribution in [0.25, 0.3) is 0 Å². The van der Waals surface area contributed by atoms with Crippen LogP contribution in [-0.2, 0) is 27.8 Å². The Morgan fingerprint density at radius 2 is 1.69 bits per heavy atom. The summed E-state index contributed by atoms with van der Waals surface area (Å²) in [5.74, 6) is -0.313. The van der Waals surface area contributed by atoms with Gasteiger partial charge in [0, 0.05) is 11.6 Å². The minimum atomic E-state index is -3.94. The molecule has 0 aliphatic heterocycles.